The third-order valence-electron chi connectivity index (χ3n) is 6.17. The van der Waals surface area contributed by atoms with Crippen LogP contribution < -0.4 is 35.5 Å². The number of ether oxygens (including phenoxy) is 3. The lowest BCUT2D eigenvalue weighted by Crippen LogP contribution is -2.26. The van der Waals surface area contributed by atoms with Crippen molar-refractivity contribution in [3.05, 3.63) is 60.8 Å². The van der Waals surface area contributed by atoms with Gasteiger partial charge in [0.1, 0.15) is 17.1 Å². The maximum Gasteiger partial charge on any atom is 0.255 e. The fourth-order valence-corrected chi connectivity index (χ4v) is 4.18. The van der Waals surface area contributed by atoms with Gasteiger partial charge < -0.3 is 35.5 Å². The molecule has 0 spiro atoms. The molecule has 2 aromatic carbocycles. The van der Waals surface area contributed by atoms with Crippen LogP contribution in [0.3, 0.4) is 0 Å². The van der Waals surface area contributed by atoms with Crippen LogP contribution in [0.15, 0.2) is 55.3 Å². The number of nitrogens with one attached hydrogen (secondary N) is 2. The Hall–Kier alpha value is -4.80. The largest absolute Gasteiger partial charge is 0.497 e. The van der Waals surface area contributed by atoms with Crippen LogP contribution in [0.5, 0.6) is 23.1 Å². The zero-order chi connectivity index (χ0) is 27.2. The fourth-order valence-electron chi connectivity index (χ4n) is 4.18. The number of anilines is 4. The zero-order valence-electron chi connectivity index (χ0n) is 21.5. The second-order valence-electron chi connectivity index (χ2n) is 8.63. The van der Waals surface area contributed by atoms with Crippen LogP contribution in [-0.2, 0) is 4.79 Å². The third-order valence-corrected chi connectivity index (χ3v) is 6.17. The van der Waals surface area contributed by atoms with E-state index in [0.29, 0.717) is 23.2 Å². The van der Waals surface area contributed by atoms with E-state index in [-0.39, 0.29) is 28.8 Å². The highest BCUT2D eigenvalue weighted by molar-refractivity contribution is 6.00. The first-order valence-corrected chi connectivity index (χ1v) is 12.0. The van der Waals surface area contributed by atoms with Gasteiger partial charge in [0.25, 0.3) is 5.91 Å². The molecule has 1 aromatic heterocycles. The Kier molecular flexibility index (Phi) is 7.95. The average Bonchev–Trinajstić information content (AvgIpc) is 3.35. The molecule has 38 heavy (non-hydrogen) atoms. The van der Waals surface area contributed by atoms with Crippen molar-refractivity contribution in [1.29, 1.82) is 0 Å². The molecule has 1 aliphatic rings. The molecule has 2 heterocycles. The van der Waals surface area contributed by atoms with Gasteiger partial charge in [0.05, 0.1) is 25.6 Å². The second-order valence-corrected chi connectivity index (χ2v) is 8.63. The van der Waals surface area contributed by atoms with Crippen LogP contribution in [0.25, 0.3) is 0 Å². The number of amides is 2. The predicted octanol–water partition coefficient (Wildman–Crippen LogP) is 4.24. The van der Waals surface area contributed by atoms with Crippen molar-refractivity contribution in [1.82, 2.24) is 9.97 Å². The van der Waals surface area contributed by atoms with Gasteiger partial charge in [0, 0.05) is 36.6 Å². The minimum Gasteiger partial charge on any atom is -0.497 e. The minimum atomic E-state index is -0.779. The molecule has 4 rings (SSSR count). The maximum atomic E-state index is 12.1. The molecule has 0 radical (unpaired) electrons. The molecule has 1 saturated heterocycles. The van der Waals surface area contributed by atoms with Crippen LogP contribution in [0.2, 0.25) is 0 Å². The van der Waals surface area contributed by atoms with Crippen molar-refractivity contribution in [3.8, 4) is 23.1 Å². The molecule has 1 fully saturated rings. The predicted molar refractivity (Wildman–Crippen MR) is 145 cm³/mol. The number of aromatic nitrogens is 2. The number of nitrogens with two attached hydrogens (primary N) is 1. The molecule has 198 valence electrons. The normalized spacial score (nSPS) is 14.5. The van der Waals surface area contributed by atoms with E-state index in [1.165, 1.54) is 13.3 Å². The maximum absolute atomic E-state index is 12.1. The van der Waals surface area contributed by atoms with Gasteiger partial charge in [-0.1, -0.05) is 6.58 Å². The molecular formula is C27H30N6O5. The molecule has 1 unspecified atom stereocenters. The summed E-state index contributed by atoms with van der Waals surface area (Å²) < 4.78 is 16.8. The second kappa shape index (κ2) is 11.5. The number of methoxy groups -OCH3 is 2. The van der Waals surface area contributed by atoms with Crippen LogP contribution in [0.1, 0.15) is 30.1 Å². The van der Waals surface area contributed by atoms with Gasteiger partial charge in [-0.3, -0.25) is 9.59 Å². The number of benzene rings is 2. The van der Waals surface area contributed by atoms with Gasteiger partial charge >= 0.3 is 0 Å². The number of carbonyl (C=O) groups excluding carboxylic acids is 2. The monoisotopic (exact) mass is 518 g/mol. The van der Waals surface area contributed by atoms with Gasteiger partial charge in [-0.15, -0.1) is 0 Å². The quantitative estimate of drug-likeness (QED) is 0.336. The zero-order valence-corrected chi connectivity index (χ0v) is 21.5. The Labute approximate surface area is 220 Å². The van der Waals surface area contributed by atoms with Crippen molar-refractivity contribution < 1.29 is 23.8 Å². The summed E-state index contributed by atoms with van der Waals surface area (Å²) in [5.74, 6) is 0.105. The number of nitrogens with zero attached hydrogens (tertiary/aromatic N) is 3. The van der Waals surface area contributed by atoms with Crippen molar-refractivity contribution in [2.45, 2.75) is 25.8 Å². The summed E-state index contributed by atoms with van der Waals surface area (Å²) in [4.78, 5) is 35.0. The van der Waals surface area contributed by atoms with Gasteiger partial charge in [0.15, 0.2) is 5.75 Å². The van der Waals surface area contributed by atoms with E-state index in [0.717, 1.165) is 31.1 Å². The molecule has 4 N–H and O–H groups in total. The number of hydrogen-bond donors (Lipinski definition) is 3. The summed E-state index contributed by atoms with van der Waals surface area (Å²) in [6.45, 7) is 6.66. The van der Waals surface area contributed by atoms with Gasteiger partial charge in [0.2, 0.25) is 17.7 Å². The molecule has 11 nitrogen and oxygen atoms in total. The summed E-state index contributed by atoms with van der Waals surface area (Å²) in [6.07, 6.45) is 4.69. The number of carbonyl (C=O) groups is 2. The molecular weight excluding hydrogens is 488 g/mol. The third kappa shape index (κ3) is 5.77. The summed E-state index contributed by atoms with van der Waals surface area (Å²) >= 11 is 0. The van der Waals surface area contributed by atoms with Gasteiger partial charge in [-0.05, 0) is 50.1 Å². The molecule has 0 aliphatic carbocycles. The van der Waals surface area contributed by atoms with Crippen LogP contribution in [-0.4, -0.2) is 48.6 Å². The van der Waals surface area contributed by atoms with Gasteiger partial charge in [-0.25, -0.2) is 4.98 Å². The highest BCUT2D eigenvalue weighted by atomic mass is 16.5. The van der Waals surface area contributed by atoms with E-state index in [9.17, 15) is 9.59 Å². The highest BCUT2D eigenvalue weighted by Gasteiger charge is 2.22. The Bertz CT molecular complexity index is 1360. The van der Waals surface area contributed by atoms with Crippen molar-refractivity contribution in [2.24, 2.45) is 5.73 Å². The van der Waals surface area contributed by atoms with Crippen molar-refractivity contribution in [3.63, 3.8) is 0 Å². The van der Waals surface area contributed by atoms with Crippen LogP contribution >= 0.6 is 0 Å². The number of primary amides is 1. The van der Waals surface area contributed by atoms with Gasteiger partial charge in [-0.2, -0.15) is 4.98 Å². The molecule has 3 aromatic rings. The van der Waals surface area contributed by atoms with E-state index in [4.69, 9.17) is 19.9 Å². The van der Waals surface area contributed by atoms with E-state index in [1.807, 2.05) is 18.2 Å². The Balaban J connectivity index is 1.65. The molecule has 1 aliphatic heterocycles. The van der Waals surface area contributed by atoms with E-state index in [1.54, 1.807) is 25.3 Å². The first kappa shape index (κ1) is 26.3. The van der Waals surface area contributed by atoms with Crippen LogP contribution in [0, 0.1) is 0 Å². The lowest BCUT2D eigenvalue weighted by Gasteiger charge is -2.25. The van der Waals surface area contributed by atoms with E-state index >= 15 is 0 Å². The molecule has 1 atom stereocenters. The minimum absolute atomic E-state index is 0.0438. The number of rotatable bonds is 10. The first-order chi connectivity index (χ1) is 18.3. The smallest absolute Gasteiger partial charge is 0.255 e. The average molecular weight is 519 g/mol. The lowest BCUT2D eigenvalue weighted by atomic mass is 10.2. The Morgan fingerprint density at radius 1 is 1.13 bits per heavy atom. The Morgan fingerprint density at radius 3 is 2.61 bits per heavy atom. The Morgan fingerprint density at radius 2 is 1.95 bits per heavy atom. The summed E-state index contributed by atoms with van der Waals surface area (Å²) in [6, 6.07) is 11.1. The standard InChI is InChI=1S/C27H30N6O5/c1-5-24(34)30-21-14-18(36-3)9-11-22(21)38-26-19(25(28)35)15-29-27(32-26)31-20-10-8-17(13-23(20)37-4)33-12-6-7-16(33)2/h5,8-11,13-16H,1,6-7,12H2,2-4H3,(H2,28,35)(H,30,34)(H,29,31,32). The molecule has 0 saturated carbocycles. The SMILES string of the molecule is C=CC(=O)Nc1cc(OC)ccc1Oc1nc(Nc2ccc(N3CCCC3C)cc2OC)ncc1C(N)=O. The van der Waals surface area contributed by atoms with E-state index in [2.05, 4.69) is 39.0 Å². The summed E-state index contributed by atoms with van der Waals surface area (Å²) in [7, 11) is 3.08. The van der Waals surface area contributed by atoms with E-state index < -0.39 is 11.8 Å². The molecule has 11 heteroatoms. The molecule has 2 amide bonds. The summed E-state index contributed by atoms with van der Waals surface area (Å²) in [5.41, 5.74) is 7.48. The summed E-state index contributed by atoms with van der Waals surface area (Å²) in [5, 5.41) is 5.77. The van der Waals surface area contributed by atoms with Crippen molar-refractivity contribution >= 4 is 34.8 Å². The molecule has 0 bridgehead atoms. The lowest BCUT2D eigenvalue weighted by molar-refractivity contribution is -0.111. The highest BCUT2D eigenvalue weighted by Crippen LogP contribution is 2.36. The van der Waals surface area contributed by atoms with Crippen molar-refractivity contribution in [2.75, 3.05) is 36.3 Å². The number of hydrogen-bond acceptors (Lipinski definition) is 9. The fraction of sp³-hybridized carbons (Fsp3) is 0.259. The topological polar surface area (TPSA) is 141 Å². The van der Waals surface area contributed by atoms with Crippen LogP contribution in [0.4, 0.5) is 23.0 Å². The first-order valence-electron chi connectivity index (χ1n) is 12.0.